The van der Waals surface area contributed by atoms with E-state index in [2.05, 4.69) is 20.6 Å². The molecule has 1 aromatic heterocycles. The highest BCUT2D eigenvalue weighted by Gasteiger charge is 2.25. The molecule has 0 aliphatic heterocycles. The lowest BCUT2D eigenvalue weighted by atomic mass is 10.0. The summed E-state index contributed by atoms with van der Waals surface area (Å²) in [6, 6.07) is 7.22. The van der Waals surface area contributed by atoms with Crippen LogP contribution < -0.4 is 0 Å². The molecule has 0 aliphatic rings. The largest absolute Gasteiger partial charge is 0.481 e. The van der Waals surface area contributed by atoms with Crippen LogP contribution in [0, 0.1) is 0 Å². The molecule has 2 atom stereocenters. The molecule has 0 saturated heterocycles. The summed E-state index contributed by atoms with van der Waals surface area (Å²) in [6.07, 6.45) is 7.38. The smallest absolute Gasteiger partial charge is 0.389 e. The van der Waals surface area contributed by atoms with Crippen molar-refractivity contribution in [2.45, 2.75) is 75.3 Å². The van der Waals surface area contributed by atoms with E-state index in [-0.39, 0.29) is 18.1 Å². The third kappa shape index (κ3) is 12.3. The maximum absolute atomic E-state index is 12.1. The normalized spacial score (nSPS) is 14.0. The number of allylic oxidation sites excluding steroid dienone is 3. The summed E-state index contributed by atoms with van der Waals surface area (Å²) >= 11 is 1.37. The maximum Gasteiger partial charge on any atom is 0.389 e. The second-order valence-electron chi connectivity index (χ2n) is 8.39. The van der Waals surface area contributed by atoms with E-state index in [1.165, 1.54) is 11.8 Å². The third-order valence-corrected chi connectivity index (χ3v) is 6.65. The van der Waals surface area contributed by atoms with Gasteiger partial charge in [-0.25, -0.2) is 5.10 Å². The van der Waals surface area contributed by atoms with E-state index in [9.17, 15) is 23.1 Å². The Morgan fingerprint density at radius 3 is 2.56 bits per heavy atom. The van der Waals surface area contributed by atoms with Gasteiger partial charge in [-0.2, -0.15) is 24.9 Å². The number of rotatable bonds is 17. The molecular weight excluding hydrogens is 493 g/mol. The van der Waals surface area contributed by atoms with E-state index in [0.29, 0.717) is 23.6 Å². The summed E-state index contributed by atoms with van der Waals surface area (Å²) in [6.45, 7) is 0. The van der Waals surface area contributed by atoms with Crippen LogP contribution in [-0.2, 0) is 4.79 Å². The zero-order valence-corrected chi connectivity index (χ0v) is 20.8. The Balaban J connectivity index is 1.82. The highest BCUT2D eigenvalue weighted by atomic mass is 32.2. The molecular formula is C25H33F3N4O3S. The molecule has 36 heavy (non-hydrogen) atoms. The summed E-state index contributed by atoms with van der Waals surface area (Å²) in [5.74, 6) is -0.0431. The number of nitrogens with zero attached hydrogens (tertiary/aromatic N) is 3. The molecule has 0 aliphatic carbocycles. The second kappa shape index (κ2) is 16.2. The van der Waals surface area contributed by atoms with Crippen molar-refractivity contribution >= 4 is 17.7 Å². The number of hydrogen-bond donors (Lipinski definition) is 3. The summed E-state index contributed by atoms with van der Waals surface area (Å²) < 4.78 is 36.3. The number of aromatic nitrogens is 4. The minimum absolute atomic E-state index is 0.00244. The number of aliphatic hydroxyl groups is 1. The number of halogens is 3. The van der Waals surface area contributed by atoms with Gasteiger partial charge in [-0.1, -0.05) is 68.2 Å². The lowest BCUT2D eigenvalue weighted by Crippen LogP contribution is -2.14. The first-order valence-corrected chi connectivity index (χ1v) is 13.1. The molecule has 2 aromatic rings. The monoisotopic (exact) mass is 526 g/mol. The fourth-order valence-corrected chi connectivity index (χ4v) is 4.62. The van der Waals surface area contributed by atoms with Crippen molar-refractivity contribution in [1.82, 2.24) is 20.6 Å². The fourth-order valence-electron chi connectivity index (χ4n) is 3.52. The van der Waals surface area contributed by atoms with E-state index in [4.69, 9.17) is 5.11 Å². The molecule has 0 amide bonds. The number of nitrogens with one attached hydrogen (secondary N) is 1. The van der Waals surface area contributed by atoms with Gasteiger partial charge in [-0.3, -0.25) is 4.79 Å². The highest BCUT2D eigenvalue weighted by molar-refractivity contribution is 8.00. The van der Waals surface area contributed by atoms with Crippen LogP contribution >= 0.6 is 11.8 Å². The first kappa shape index (κ1) is 29.6. The lowest BCUT2D eigenvalue weighted by molar-refractivity contribution is -0.137. The number of thioether (sulfide) groups is 1. The Kier molecular flexibility index (Phi) is 13.3. The van der Waals surface area contributed by atoms with Crippen LogP contribution in [-0.4, -0.2) is 54.0 Å². The van der Waals surface area contributed by atoms with Crippen molar-refractivity contribution in [2.75, 3.05) is 5.75 Å². The van der Waals surface area contributed by atoms with Gasteiger partial charge < -0.3 is 10.2 Å². The molecule has 0 radical (unpaired) electrons. The van der Waals surface area contributed by atoms with Gasteiger partial charge in [0, 0.05) is 17.7 Å². The van der Waals surface area contributed by atoms with Crippen molar-refractivity contribution in [3.63, 3.8) is 0 Å². The van der Waals surface area contributed by atoms with Crippen LogP contribution in [0.3, 0.4) is 0 Å². The van der Waals surface area contributed by atoms with Gasteiger partial charge >= 0.3 is 12.1 Å². The zero-order chi connectivity index (χ0) is 26.2. The van der Waals surface area contributed by atoms with E-state index >= 15 is 0 Å². The second-order valence-corrected chi connectivity index (χ2v) is 9.67. The van der Waals surface area contributed by atoms with Crippen LogP contribution in [0.25, 0.3) is 11.4 Å². The molecule has 1 aromatic carbocycles. The average Bonchev–Trinajstić information content (AvgIpc) is 3.37. The number of aliphatic hydroxyl groups excluding tert-OH is 1. The van der Waals surface area contributed by atoms with Gasteiger partial charge in [-0.15, -0.1) is 5.10 Å². The Bertz CT molecular complexity index is 952. The van der Waals surface area contributed by atoms with E-state index in [0.717, 1.165) is 37.7 Å². The molecule has 0 saturated carbocycles. The van der Waals surface area contributed by atoms with Crippen LogP contribution in [0.5, 0.6) is 0 Å². The van der Waals surface area contributed by atoms with E-state index in [1.54, 1.807) is 18.2 Å². The van der Waals surface area contributed by atoms with Gasteiger partial charge in [0.1, 0.15) is 0 Å². The summed E-state index contributed by atoms with van der Waals surface area (Å²) in [5, 5.41) is 33.3. The number of unbranched alkanes of at least 4 members (excludes halogenated alkanes) is 6. The Morgan fingerprint density at radius 2 is 1.86 bits per heavy atom. The Morgan fingerprint density at radius 1 is 1.11 bits per heavy atom. The number of tetrazole rings is 1. The summed E-state index contributed by atoms with van der Waals surface area (Å²) in [7, 11) is 0. The molecule has 0 unspecified atom stereocenters. The topological polar surface area (TPSA) is 112 Å². The molecule has 0 spiro atoms. The van der Waals surface area contributed by atoms with Gasteiger partial charge in [0.15, 0.2) is 5.82 Å². The Hall–Kier alpha value is -2.66. The van der Waals surface area contributed by atoms with Crippen molar-refractivity contribution in [3.05, 3.63) is 54.1 Å². The summed E-state index contributed by atoms with van der Waals surface area (Å²) in [5.41, 5.74) is 1.40. The number of carbonyl (C=O) groups is 1. The number of aliphatic carboxylic acids is 1. The minimum Gasteiger partial charge on any atom is -0.481 e. The fraction of sp³-hybridized carbons (Fsp3) is 0.520. The van der Waals surface area contributed by atoms with Crippen molar-refractivity contribution in [2.24, 2.45) is 0 Å². The number of alkyl halides is 3. The number of carboxylic acids is 1. The van der Waals surface area contributed by atoms with Crippen molar-refractivity contribution < 1.29 is 28.2 Å². The standard InChI is InChI=1S/C25H33F3N4O3S/c26-25(27,28)16-10-8-6-4-2-1-3-5-7-9-14-21(36-17-15-22(33)34)23(35)19-12-11-13-20(18-19)24-29-31-32-30-24/h5,7,9,11-14,18,21,23,35H,1-4,6,8,10,15-17H2,(H,33,34)(H,29,30,31,32)/b7-5-,14-9+/t21-,23+/m1/s1. The van der Waals surface area contributed by atoms with Crippen molar-refractivity contribution in [1.29, 1.82) is 0 Å². The predicted molar refractivity (Wildman–Crippen MR) is 134 cm³/mol. The summed E-state index contributed by atoms with van der Waals surface area (Å²) in [4.78, 5) is 10.9. The van der Waals surface area contributed by atoms with Gasteiger partial charge in [0.2, 0.25) is 0 Å². The average molecular weight is 527 g/mol. The SMILES string of the molecule is O=C(O)CCS[C@H](/C=C/C=C\CCCCCCCCC(F)(F)F)[C@@H](O)c1cccc(-c2nnn[nH]2)c1. The first-order chi connectivity index (χ1) is 17.3. The quantitative estimate of drug-likeness (QED) is 0.164. The highest BCUT2D eigenvalue weighted by Crippen LogP contribution is 2.30. The van der Waals surface area contributed by atoms with Gasteiger partial charge in [0.25, 0.3) is 0 Å². The number of carboxylic acid groups (broad SMARTS) is 1. The van der Waals surface area contributed by atoms with Crippen molar-refractivity contribution in [3.8, 4) is 11.4 Å². The van der Waals surface area contributed by atoms with E-state index < -0.39 is 24.7 Å². The molecule has 0 fully saturated rings. The van der Waals surface area contributed by atoms with Gasteiger partial charge in [-0.05, 0) is 41.3 Å². The third-order valence-electron chi connectivity index (χ3n) is 5.41. The van der Waals surface area contributed by atoms with Crippen LogP contribution in [0.1, 0.15) is 69.5 Å². The van der Waals surface area contributed by atoms with E-state index in [1.807, 2.05) is 30.4 Å². The van der Waals surface area contributed by atoms with Crippen LogP contribution in [0.4, 0.5) is 13.2 Å². The minimum atomic E-state index is -4.05. The zero-order valence-electron chi connectivity index (χ0n) is 20.0. The molecule has 198 valence electrons. The Labute approximate surface area is 213 Å². The first-order valence-electron chi connectivity index (χ1n) is 12.0. The number of hydrogen-bond acceptors (Lipinski definition) is 6. The molecule has 3 N–H and O–H groups in total. The number of H-pyrrole nitrogens is 1. The maximum atomic E-state index is 12.1. The van der Waals surface area contributed by atoms with Crippen LogP contribution in [0.2, 0.25) is 0 Å². The molecule has 2 rings (SSSR count). The molecule has 0 bridgehead atoms. The molecule has 7 nitrogen and oxygen atoms in total. The molecule has 11 heteroatoms. The number of benzene rings is 1. The van der Waals surface area contributed by atoms with Crippen LogP contribution in [0.15, 0.2) is 48.6 Å². The predicted octanol–water partition coefficient (Wildman–Crippen LogP) is 6.27. The molecule has 1 heterocycles. The lowest BCUT2D eigenvalue weighted by Gasteiger charge is -2.20. The number of aromatic amines is 1. The van der Waals surface area contributed by atoms with Gasteiger partial charge in [0.05, 0.1) is 17.8 Å².